The van der Waals surface area contributed by atoms with Crippen molar-refractivity contribution in [2.24, 2.45) is 0 Å². The largest absolute Gasteiger partial charge is 0.375 e. The zero-order valence-corrected chi connectivity index (χ0v) is 11.7. The Morgan fingerprint density at radius 2 is 1.83 bits per heavy atom. The highest BCUT2D eigenvalue weighted by atomic mass is 79.9. The number of hydrogen-bond acceptors (Lipinski definition) is 2. The second-order valence-corrected chi connectivity index (χ2v) is 5.55. The lowest BCUT2D eigenvalue weighted by Crippen LogP contribution is -2.08. The van der Waals surface area contributed by atoms with E-state index in [9.17, 15) is 13.2 Å². The standard InChI is InChI=1S/C12H9BrF3NS/c1-6(12-7(13)2-3-18-12)17-11-5-9(15)8(14)4-10(11)16/h2-6,17H,1H3. The third-order valence-corrected chi connectivity index (χ3v) is 4.47. The van der Waals surface area contributed by atoms with Crippen LogP contribution in [0.3, 0.4) is 0 Å². The van der Waals surface area contributed by atoms with E-state index in [1.54, 1.807) is 0 Å². The Kier molecular flexibility index (Phi) is 3.97. The van der Waals surface area contributed by atoms with Crippen molar-refractivity contribution in [2.75, 3.05) is 5.32 Å². The Hall–Kier alpha value is -1.01. The fourth-order valence-electron chi connectivity index (χ4n) is 1.55. The molecule has 1 nitrogen and oxygen atoms in total. The summed E-state index contributed by atoms with van der Waals surface area (Å²) in [4.78, 5) is 0.958. The fourth-order valence-corrected chi connectivity index (χ4v) is 3.27. The van der Waals surface area contributed by atoms with Gasteiger partial charge < -0.3 is 5.32 Å². The van der Waals surface area contributed by atoms with Crippen molar-refractivity contribution < 1.29 is 13.2 Å². The number of rotatable bonds is 3. The van der Waals surface area contributed by atoms with Crippen molar-refractivity contribution in [3.05, 3.63) is 50.4 Å². The van der Waals surface area contributed by atoms with Gasteiger partial charge in [-0.05, 0) is 34.3 Å². The summed E-state index contributed by atoms with van der Waals surface area (Å²) in [7, 11) is 0. The van der Waals surface area contributed by atoms with Gasteiger partial charge >= 0.3 is 0 Å². The van der Waals surface area contributed by atoms with Crippen molar-refractivity contribution in [2.45, 2.75) is 13.0 Å². The van der Waals surface area contributed by atoms with Crippen LogP contribution >= 0.6 is 27.3 Å². The third-order valence-electron chi connectivity index (χ3n) is 2.42. The van der Waals surface area contributed by atoms with Gasteiger partial charge in [-0.3, -0.25) is 0 Å². The average molecular weight is 336 g/mol. The molecule has 96 valence electrons. The van der Waals surface area contributed by atoms with Crippen LogP contribution in [0.25, 0.3) is 0 Å². The first-order valence-electron chi connectivity index (χ1n) is 5.13. The van der Waals surface area contributed by atoms with Crippen molar-refractivity contribution in [1.82, 2.24) is 0 Å². The van der Waals surface area contributed by atoms with E-state index in [2.05, 4.69) is 21.2 Å². The fraction of sp³-hybridized carbons (Fsp3) is 0.167. The maximum atomic E-state index is 13.5. The van der Waals surface area contributed by atoms with Gasteiger partial charge in [-0.15, -0.1) is 11.3 Å². The van der Waals surface area contributed by atoms with Crippen LogP contribution in [-0.4, -0.2) is 0 Å². The molecular formula is C12H9BrF3NS. The maximum absolute atomic E-state index is 13.5. The molecule has 2 aromatic rings. The van der Waals surface area contributed by atoms with Crippen LogP contribution in [0.5, 0.6) is 0 Å². The van der Waals surface area contributed by atoms with Crippen LogP contribution in [0.1, 0.15) is 17.8 Å². The Labute approximate surface area is 115 Å². The molecule has 0 saturated heterocycles. The molecule has 1 N–H and O–H groups in total. The summed E-state index contributed by atoms with van der Waals surface area (Å²) < 4.78 is 40.2. The van der Waals surface area contributed by atoms with E-state index < -0.39 is 17.5 Å². The summed E-state index contributed by atoms with van der Waals surface area (Å²) in [5, 5.41) is 4.71. The molecule has 1 unspecified atom stereocenters. The molecule has 0 saturated carbocycles. The normalized spacial score (nSPS) is 12.5. The Balaban J connectivity index is 2.24. The second kappa shape index (κ2) is 5.32. The van der Waals surface area contributed by atoms with Crippen LogP contribution in [-0.2, 0) is 0 Å². The Morgan fingerprint density at radius 3 is 2.44 bits per heavy atom. The van der Waals surface area contributed by atoms with Gasteiger partial charge in [0.2, 0.25) is 0 Å². The highest BCUT2D eigenvalue weighted by Gasteiger charge is 2.15. The van der Waals surface area contributed by atoms with E-state index in [-0.39, 0.29) is 11.7 Å². The van der Waals surface area contributed by atoms with Gasteiger partial charge in [0.15, 0.2) is 11.6 Å². The average Bonchev–Trinajstić information content (AvgIpc) is 2.72. The highest BCUT2D eigenvalue weighted by molar-refractivity contribution is 9.10. The molecule has 1 aromatic carbocycles. The summed E-state index contributed by atoms with van der Waals surface area (Å²) >= 11 is 4.86. The number of nitrogens with one attached hydrogen (secondary N) is 1. The summed E-state index contributed by atoms with van der Waals surface area (Å²) in [6.45, 7) is 1.82. The van der Waals surface area contributed by atoms with Crippen molar-refractivity contribution in [3.8, 4) is 0 Å². The molecule has 1 atom stereocenters. The van der Waals surface area contributed by atoms with E-state index >= 15 is 0 Å². The van der Waals surface area contributed by atoms with Crippen LogP contribution in [0.4, 0.5) is 18.9 Å². The molecule has 0 bridgehead atoms. The SMILES string of the molecule is CC(Nc1cc(F)c(F)cc1F)c1sccc1Br. The van der Waals surface area contributed by atoms with Crippen LogP contribution in [0.2, 0.25) is 0 Å². The lowest BCUT2D eigenvalue weighted by molar-refractivity contribution is 0.495. The van der Waals surface area contributed by atoms with Gasteiger partial charge in [0.25, 0.3) is 0 Å². The van der Waals surface area contributed by atoms with Crippen molar-refractivity contribution in [3.63, 3.8) is 0 Å². The molecule has 0 spiro atoms. The van der Waals surface area contributed by atoms with E-state index in [1.807, 2.05) is 18.4 Å². The van der Waals surface area contributed by atoms with Crippen molar-refractivity contribution in [1.29, 1.82) is 0 Å². The zero-order chi connectivity index (χ0) is 13.3. The summed E-state index contributed by atoms with van der Waals surface area (Å²) in [5.41, 5.74) is -0.0540. The smallest absolute Gasteiger partial charge is 0.161 e. The lowest BCUT2D eigenvalue weighted by atomic mass is 10.2. The van der Waals surface area contributed by atoms with Gasteiger partial charge in [0, 0.05) is 21.5 Å². The molecule has 0 radical (unpaired) electrons. The van der Waals surface area contributed by atoms with Gasteiger partial charge in [0.05, 0.1) is 11.7 Å². The molecule has 6 heteroatoms. The van der Waals surface area contributed by atoms with Gasteiger partial charge in [-0.1, -0.05) is 0 Å². The summed E-state index contributed by atoms with van der Waals surface area (Å²) in [6.07, 6.45) is 0. The monoisotopic (exact) mass is 335 g/mol. The number of benzene rings is 1. The molecule has 0 aliphatic carbocycles. The minimum Gasteiger partial charge on any atom is -0.375 e. The molecular weight excluding hydrogens is 327 g/mol. The van der Waals surface area contributed by atoms with Crippen LogP contribution in [0.15, 0.2) is 28.1 Å². The highest BCUT2D eigenvalue weighted by Crippen LogP contribution is 2.32. The first-order chi connectivity index (χ1) is 8.49. The van der Waals surface area contributed by atoms with E-state index in [0.717, 1.165) is 15.4 Å². The summed E-state index contributed by atoms with van der Waals surface area (Å²) in [5.74, 6) is -3.08. The molecule has 2 rings (SSSR count). The topological polar surface area (TPSA) is 12.0 Å². The van der Waals surface area contributed by atoms with E-state index in [1.165, 1.54) is 11.3 Å². The lowest BCUT2D eigenvalue weighted by Gasteiger charge is -2.15. The Bertz CT molecular complexity index is 570. The van der Waals surface area contributed by atoms with Gasteiger partial charge in [-0.2, -0.15) is 0 Å². The number of anilines is 1. The molecule has 0 fully saturated rings. The molecule has 0 amide bonds. The molecule has 18 heavy (non-hydrogen) atoms. The van der Waals surface area contributed by atoms with Gasteiger partial charge in [0.1, 0.15) is 5.82 Å². The van der Waals surface area contributed by atoms with Crippen LogP contribution < -0.4 is 5.32 Å². The van der Waals surface area contributed by atoms with E-state index in [4.69, 9.17) is 0 Å². The number of hydrogen-bond donors (Lipinski definition) is 1. The molecule has 1 heterocycles. The number of halogens is 4. The third kappa shape index (κ3) is 2.70. The second-order valence-electron chi connectivity index (χ2n) is 3.74. The number of thiophene rings is 1. The van der Waals surface area contributed by atoms with Crippen molar-refractivity contribution >= 4 is 33.0 Å². The first-order valence-corrected chi connectivity index (χ1v) is 6.80. The maximum Gasteiger partial charge on any atom is 0.161 e. The zero-order valence-electron chi connectivity index (χ0n) is 9.31. The minimum absolute atomic E-state index is 0.0540. The molecule has 0 aliphatic rings. The minimum atomic E-state index is -1.19. The van der Waals surface area contributed by atoms with Gasteiger partial charge in [-0.25, -0.2) is 13.2 Å². The summed E-state index contributed by atoms with van der Waals surface area (Å²) in [6, 6.07) is 3.02. The van der Waals surface area contributed by atoms with Crippen LogP contribution in [0, 0.1) is 17.5 Å². The predicted molar refractivity (Wildman–Crippen MR) is 70.4 cm³/mol. The van der Waals surface area contributed by atoms with E-state index in [0.29, 0.717) is 6.07 Å². The quantitative estimate of drug-likeness (QED) is 0.769. The molecule has 0 aliphatic heterocycles. The first kappa shape index (κ1) is 13.4. The predicted octanol–water partition coefficient (Wildman–Crippen LogP) is 5.10. The molecule has 1 aromatic heterocycles. The Morgan fingerprint density at radius 1 is 1.17 bits per heavy atom.